The van der Waals surface area contributed by atoms with E-state index < -0.39 is 0 Å². The van der Waals surface area contributed by atoms with Crippen LogP contribution in [0.25, 0.3) is 17.1 Å². The standard InChI is InChI=1S/C23H24N6O2/c30-22-19(4-5-20-16-10-15(12-24-13-16)14-29(20)22)21-25-6-8-27(21)17-2-1-3-18(11-17)28-9-7-26-23(28)31/h1-6,8,11,15-16,24H,7,9-10,12-14H2,(H,26,31)/t15-,16+/m0/s1. The SMILES string of the molecule is O=C1NCCN1c1cccc(-n2ccnc2-c2ccc3n(c2=O)C[C@@H]2CNC[C@H]3C2)c1. The Morgan fingerprint density at radius 2 is 1.97 bits per heavy atom. The van der Waals surface area contributed by atoms with E-state index in [9.17, 15) is 9.59 Å². The maximum Gasteiger partial charge on any atom is 0.321 e. The number of amides is 2. The van der Waals surface area contributed by atoms with Crippen molar-refractivity contribution in [2.75, 3.05) is 31.1 Å². The second-order valence-corrected chi connectivity index (χ2v) is 8.57. The summed E-state index contributed by atoms with van der Waals surface area (Å²) in [5.74, 6) is 1.52. The molecular formula is C23H24N6O2. The lowest BCUT2D eigenvalue weighted by Gasteiger charge is -2.37. The van der Waals surface area contributed by atoms with Crippen molar-refractivity contribution in [3.8, 4) is 17.1 Å². The molecule has 3 aliphatic heterocycles. The molecule has 6 rings (SSSR count). The van der Waals surface area contributed by atoms with Crippen molar-refractivity contribution in [2.24, 2.45) is 5.92 Å². The molecule has 5 heterocycles. The van der Waals surface area contributed by atoms with E-state index in [4.69, 9.17) is 0 Å². The molecule has 1 aromatic carbocycles. The highest BCUT2D eigenvalue weighted by Gasteiger charge is 2.31. The number of carbonyl (C=O) groups is 1. The molecule has 0 radical (unpaired) electrons. The first kappa shape index (κ1) is 18.4. The predicted octanol–water partition coefficient (Wildman–Crippen LogP) is 1.94. The fourth-order valence-corrected chi connectivity index (χ4v) is 5.20. The molecule has 2 atom stereocenters. The number of benzene rings is 1. The van der Waals surface area contributed by atoms with E-state index >= 15 is 0 Å². The van der Waals surface area contributed by atoms with Crippen molar-refractivity contribution >= 4 is 11.7 Å². The van der Waals surface area contributed by atoms with E-state index in [1.807, 2.05) is 45.7 Å². The number of urea groups is 1. The van der Waals surface area contributed by atoms with Crippen molar-refractivity contribution < 1.29 is 4.79 Å². The zero-order chi connectivity index (χ0) is 20.9. The van der Waals surface area contributed by atoms with Gasteiger partial charge in [0.05, 0.1) is 5.56 Å². The van der Waals surface area contributed by atoms with Crippen LogP contribution in [0.5, 0.6) is 0 Å². The molecule has 2 bridgehead atoms. The first-order valence-electron chi connectivity index (χ1n) is 10.8. The largest absolute Gasteiger partial charge is 0.336 e. The van der Waals surface area contributed by atoms with Crippen LogP contribution in [-0.4, -0.2) is 46.3 Å². The van der Waals surface area contributed by atoms with Gasteiger partial charge >= 0.3 is 6.03 Å². The summed E-state index contributed by atoms with van der Waals surface area (Å²) in [6.07, 6.45) is 4.73. The number of anilines is 1. The van der Waals surface area contributed by atoms with Crippen LogP contribution >= 0.6 is 0 Å². The van der Waals surface area contributed by atoms with E-state index in [0.717, 1.165) is 43.1 Å². The van der Waals surface area contributed by atoms with Crippen LogP contribution in [0, 0.1) is 5.92 Å². The molecule has 31 heavy (non-hydrogen) atoms. The Labute approximate surface area is 179 Å². The fraction of sp³-hybridized carbons (Fsp3) is 0.348. The third kappa shape index (κ3) is 2.97. The van der Waals surface area contributed by atoms with Crippen LogP contribution in [0.15, 0.2) is 53.6 Å². The van der Waals surface area contributed by atoms with Gasteiger partial charge in [-0.05, 0) is 49.2 Å². The Balaban J connectivity index is 1.42. The van der Waals surface area contributed by atoms with Gasteiger partial charge in [0.1, 0.15) is 5.82 Å². The Kier molecular flexibility index (Phi) is 4.21. The molecular weight excluding hydrogens is 392 g/mol. The second-order valence-electron chi connectivity index (χ2n) is 8.57. The summed E-state index contributed by atoms with van der Waals surface area (Å²) in [5.41, 5.74) is 3.45. The summed E-state index contributed by atoms with van der Waals surface area (Å²) in [7, 11) is 0. The van der Waals surface area contributed by atoms with Crippen LogP contribution < -0.4 is 21.1 Å². The molecule has 2 N–H and O–H groups in total. The number of hydrogen-bond donors (Lipinski definition) is 2. The molecule has 2 saturated heterocycles. The first-order valence-corrected chi connectivity index (χ1v) is 10.8. The highest BCUT2D eigenvalue weighted by atomic mass is 16.2. The van der Waals surface area contributed by atoms with Gasteiger partial charge in [0, 0.05) is 61.6 Å². The van der Waals surface area contributed by atoms with Gasteiger partial charge in [0.15, 0.2) is 0 Å². The normalized spacial score (nSPS) is 22.3. The highest BCUT2D eigenvalue weighted by Crippen LogP contribution is 2.33. The van der Waals surface area contributed by atoms with Crippen LogP contribution in [-0.2, 0) is 6.54 Å². The summed E-state index contributed by atoms with van der Waals surface area (Å²) in [4.78, 5) is 31.8. The van der Waals surface area contributed by atoms with E-state index in [1.165, 1.54) is 0 Å². The minimum Gasteiger partial charge on any atom is -0.336 e. The number of imidazole rings is 1. The van der Waals surface area contributed by atoms with Gasteiger partial charge in [-0.1, -0.05) is 6.07 Å². The first-order chi connectivity index (χ1) is 15.2. The average molecular weight is 416 g/mol. The molecule has 158 valence electrons. The van der Waals surface area contributed by atoms with Crippen LogP contribution in [0.2, 0.25) is 0 Å². The number of aromatic nitrogens is 3. The maximum atomic E-state index is 13.5. The van der Waals surface area contributed by atoms with Gasteiger partial charge in [-0.25, -0.2) is 9.78 Å². The average Bonchev–Trinajstić information content (AvgIpc) is 3.44. The Morgan fingerprint density at radius 3 is 2.84 bits per heavy atom. The molecule has 3 aromatic rings. The zero-order valence-electron chi connectivity index (χ0n) is 17.1. The number of piperidine rings is 1. The van der Waals surface area contributed by atoms with E-state index in [1.54, 1.807) is 11.1 Å². The smallest absolute Gasteiger partial charge is 0.321 e. The van der Waals surface area contributed by atoms with E-state index in [2.05, 4.69) is 21.7 Å². The molecule has 2 fully saturated rings. The van der Waals surface area contributed by atoms with Crippen molar-refractivity contribution in [2.45, 2.75) is 18.9 Å². The molecule has 0 unspecified atom stereocenters. The van der Waals surface area contributed by atoms with Crippen molar-refractivity contribution in [3.05, 3.63) is 64.8 Å². The molecule has 3 aliphatic rings. The number of nitrogens with zero attached hydrogens (tertiary/aromatic N) is 4. The zero-order valence-corrected chi connectivity index (χ0v) is 17.1. The molecule has 0 spiro atoms. The summed E-state index contributed by atoms with van der Waals surface area (Å²) >= 11 is 0. The Hall–Kier alpha value is -3.39. The summed E-state index contributed by atoms with van der Waals surface area (Å²) in [6.45, 7) is 3.94. The van der Waals surface area contributed by atoms with Gasteiger partial charge in [-0.3, -0.25) is 14.3 Å². The minimum absolute atomic E-state index is 0.0247. The van der Waals surface area contributed by atoms with Crippen LogP contribution in [0.1, 0.15) is 18.0 Å². The summed E-state index contributed by atoms with van der Waals surface area (Å²) in [6, 6.07) is 11.7. The summed E-state index contributed by atoms with van der Waals surface area (Å²) < 4.78 is 3.88. The Morgan fingerprint density at radius 1 is 1.06 bits per heavy atom. The lowest BCUT2D eigenvalue weighted by atomic mass is 9.84. The molecule has 0 saturated carbocycles. The third-order valence-corrected chi connectivity index (χ3v) is 6.67. The number of fused-ring (bicyclic) bond motifs is 4. The quantitative estimate of drug-likeness (QED) is 0.684. The lowest BCUT2D eigenvalue weighted by Crippen LogP contribution is -2.45. The number of carbonyl (C=O) groups excluding carboxylic acids is 1. The summed E-state index contributed by atoms with van der Waals surface area (Å²) in [5, 5.41) is 6.32. The number of pyridine rings is 1. The van der Waals surface area contributed by atoms with Crippen LogP contribution in [0.3, 0.4) is 0 Å². The number of hydrogen-bond acceptors (Lipinski definition) is 4. The molecule has 2 aromatic heterocycles. The van der Waals surface area contributed by atoms with E-state index in [0.29, 0.717) is 36.3 Å². The van der Waals surface area contributed by atoms with Crippen LogP contribution in [0.4, 0.5) is 10.5 Å². The monoisotopic (exact) mass is 416 g/mol. The minimum atomic E-state index is -0.0871. The molecule has 8 nitrogen and oxygen atoms in total. The topological polar surface area (TPSA) is 84.2 Å². The number of rotatable bonds is 3. The van der Waals surface area contributed by atoms with Crippen molar-refractivity contribution in [1.29, 1.82) is 0 Å². The third-order valence-electron chi connectivity index (χ3n) is 6.67. The van der Waals surface area contributed by atoms with E-state index in [-0.39, 0.29) is 11.6 Å². The molecule has 0 aliphatic carbocycles. The van der Waals surface area contributed by atoms with Gasteiger partial charge in [-0.15, -0.1) is 0 Å². The van der Waals surface area contributed by atoms with Gasteiger partial charge in [-0.2, -0.15) is 0 Å². The lowest BCUT2D eigenvalue weighted by molar-refractivity contribution is 0.252. The van der Waals surface area contributed by atoms with Crippen molar-refractivity contribution in [3.63, 3.8) is 0 Å². The number of nitrogens with one attached hydrogen (secondary N) is 2. The second kappa shape index (κ2) is 7.09. The van der Waals surface area contributed by atoms with Gasteiger partial charge < -0.3 is 15.2 Å². The van der Waals surface area contributed by atoms with Gasteiger partial charge in [0.25, 0.3) is 5.56 Å². The van der Waals surface area contributed by atoms with Crippen molar-refractivity contribution in [1.82, 2.24) is 24.8 Å². The molecule has 8 heteroatoms. The highest BCUT2D eigenvalue weighted by molar-refractivity contribution is 5.94. The maximum absolute atomic E-state index is 13.5. The molecule has 2 amide bonds. The van der Waals surface area contributed by atoms with Gasteiger partial charge in [0.2, 0.25) is 0 Å². The fourth-order valence-electron chi connectivity index (χ4n) is 5.20. The predicted molar refractivity (Wildman–Crippen MR) is 118 cm³/mol. The Bertz CT molecular complexity index is 1230.